The molecule has 1 aromatic heterocycles. The fraction of sp³-hybridized carbons (Fsp3) is 0.0667. The first-order valence-electron chi connectivity index (χ1n) is 16.7. The Labute approximate surface area is 286 Å². The second-order valence-electron chi connectivity index (χ2n) is 12.3. The molecule has 0 bridgehead atoms. The van der Waals surface area contributed by atoms with E-state index in [-0.39, 0.29) is 0 Å². The minimum absolute atomic E-state index is 0.383. The fourth-order valence-electron chi connectivity index (χ4n) is 6.55. The van der Waals surface area contributed by atoms with Gasteiger partial charge in [0.15, 0.2) is 5.84 Å². The summed E-state index contributed by atoms with van der Waals surface area (Å²) in [6, 6.07) is 49.9. The van der Waals surface area contributed by atoms with Gasteiger partial charge in [0, 0.05) is 27.5 Å². The van der Waals surface area contributed by atoms with Crippen molar-refractivity contribution in [3.63, 3.8) is 0 Å². The highest BCUT2D eigenvalue weighted by Crippen LogP contribution is 2.40. The molecule has 49 heavy (non-hydrogen) atoms. The lowest BCUT2D eigenvalue weighted by Gasteiger charge is -2.11. The number of fused-ring (bicyclic) bond motifs is 3. The number of benzene rings is 6. The summed E-state index contributed by atoms with van der Waals surface area (Å²) in [6.07, 6.45) is 8.82. The van der Waals surface area contributed by atoms with Crippen LogP contribution in [0, 0.1) is 0 Å². The average Bonchev–Trinajstić information content (AvgIpc) is 3.56. The summed E-state index contributed by atoms with van der Waals surface area (Å²) >= 11 is 0. The molecule has 7 aromatic rings. The van der Waals surface area contributed by atoms with Crippen LogP contribution in [0.2, 0.25) is 0 Å². The molecule has 0 amide bonds. The molecule has 0 saturated carbocycles. The molecule has 0 fully saturated rings. The lowest BCUT2D eigenvalue weighted by Crippen LogP contribution is -2.17. The number of allylic oxidation sites excluding steroid dienone is 4. The van der Waals surface area contributed by atoms with Crippen LogP contribution in [0.5, 0.6) is 0 Å². The first-order valence-corrected chi connectivity index (χ1v) is 16.7. The van der Waals surface area contributed by atoms with Crippen LogP contribution in [-0.4, -0.2) is 11.7 Å². The standard InChI is InChI=1S/C45H35N3O/c46-44(48-45(47-30-31-15-5-1-6-16-31)36-24-13-23-35(27-36)32-17-7-2-8-18-32)38-25-14-26-41-42(38)40-29-37(33-19-9-3-10-20-33)28-39(43(40)49-41)34-21-11-4-12-22-34/h1,3-7,9-29H,2,8,30H2,(H2,46,47,48). The third-order valence-electron chi connectivity index (χ3n) is 8.99. The highest BCUT2D eigenvalue weighted by atomic mass is 16.3. The Kier molecular flexibility index (Phi) is 8.27. The topological polar surface area (TPSA) is 63.9 Å². The zero-order chi connectivity index (χ0) is 33.0. The molecule has 4 heteroatoms. The molecule has 0 atom stereocenters. The maximum Gasteiger partial charge on any atom is 0.157 e. The molecule has 1 aliphatic carbocycles. The molecule has 6 aromatic carbocycles. The molecule has 0 radical (unpaired) electrons. The molecule has 236 valence electrons. The van der Waals surface area contributed by atoms with Gasteiger partial charge in [0.1, 0.15) is 17.0 Å². The lowest BCUT2D eigenvalue weighted by molar-refractivity contribution is 0.670. The molecular weight excluding hydrogens is 599 g/mol. The van der Waals surface area contributed by atoms with Gasteiger partial charge in [-0.1, -0.05) is 140 Å². The summed E-state index contributed by atoms with van der Waals surface area (Å²) in [5.74, 6) is 0.969. The first kappa shape index (κ1) is 30.1. The van der Waals surface area contributed by atoms with Gasteiger partial charge in [-0.05, 0) is 70.5 Å². The van der Waals surface area contributed by atoms with Crippen molar-refractivity contribution in [3.8, 4) is 22.3 Å². The third-order valence-corrected chi connectivity index (χ3v) is 8.99. The molecule has 8 rings (SSSR count). The van der Waals surface area contributed by atoms with E-state index in [1.54, 1.807) is 0 Å². The van der Waals surface area contributed by atoms with Crippen molar-refractivity contribution in [1.29, 1.82) is 0 Å². The van der Waals surface area contributed by atoms with Crippen molar-refractivity contribution in [2.45, 2.75) is 19.4 Å². The Morgan fingerprint density at radius 3 is 2.12 bits per heavy atom. The van der Waals surface area contributed by atoms with Gasteiger partial charge >= 0.3 is 0 Å². The van der Waals surface area contributed by atoms with Gasteiger partial charge in [0.05, 0.1) is 6.54 Å². The van der Waals surface area contributed by atoms with E-state index in [0.717, 1.165) is 79.3 Å². The largest absolute Gasteiger partial charge is 0.455 e. The number of nitrogens with two attached hydrogens (primary N) is 1. The summed E-state index contributed by atoms with van der Waals surface area (Å²) in [5.41, 5.74) is 18.1. The predicted molar refractivity (Wildman–Crippen MR) is 205 cm³/mol. The lowest BCUT2D eigenvalue weighted by atomic mass is 9.95. The van der Waals surface area contributed by atoms with Crippen molar-refractivity contribution < 1.29 is 4.42 Å². The van der Waals surface area contributed by atoms with E-state index < -0.39 is 0 Å². The molecular formula is C45H35N3O. The van der Waals surface area contributed by atoms with E-state index in [4.69, 9.17) is 20.1 Å². The average molecular weight is 634 g/mol. The quantitative estimate of drug-likeness (QED) is 0.140. The van der Waals surface area contributed by atoms with E-state index in [9.17, 15) is 0 Å². The number of aliphatic imine (C=N–C) groups is 2. The maximum atomic E-state index is 7.00. The Morgan fingerprint density at radius 1 is 0.653 bits per heavy atom. The number of nitrogens with zero attached hydrogens (tertiary/aromatic N) is 2. The smallest absolute Gasteiger partial charge is 0.157 e. The van der Waals surface area contributed by atoms with E-state index >= 15 is 0 Å². The van der Waals surface area contributed by atoms with Crippen LogP contribution >= 0.6 is 0 Å². The van der Waals surface area contributed by atoms with Crippen LogP contribution in [0.15, 0.2) is 178 Å². The highest BCUT2D eigenvalue weighted by Gasteiger charge is 2.19. The summed E-state index contributed by atoms with van der Waals surface area (Å²) in [5, 5.41) is 1.92. The summed E-state index contributed by atoms with van der Waals surface area (Å²) in [6.45, 7) is 0.486. The molecule has 0 unspecified atom stereocenters. The van der Waals surface area contributed by atoms with Crippen LogP contribution in [-0.2, 0) is 6.54 Å². The number of amidine groups is 2. The van der Waals surface area contributed by atoms with E-state index in [1.165, 1.54) is 5.57 Å². The molecule has 1 heterocycles. The van der Waals surface area contributed by atoms with Gasteiger partial charge in [-0.15, -0.1) is 0 Å². The minimum atomic E-state index is 0.383. The van der Waals surface area contributed by atoms with Crippen LogP contribution in [0.25, 0.3) is 49.8 Å². The van der Waals surface area contributed by atoms with E-state index in [1.807, 2.05) is 48.5 Å². The fourth-order valence-corrected chi connectivity index (χ4v) is 6.55. The zero-order valence-electron chi connectivity index (χ0n) is 27.1. The van der Waals surface area contributed by atoms with Crippen molar-refractivity contribution in [3.05, 3.63) is 186 Å². The van der Waals surface area contributed by atoms with Crippen molar-refractivity contribution in [2.24, 2.45) is 15.7 Å². The molecule has 0 saturated heterocycles. The number of hydrogen-bond donors (Lipinski definition) is 1. The molecule has 2 N–H and O–H groups in total. The third kappa shape index (κ3) is 6.24. The van der Waals surface area contributed by atoms with E-state index in [2.05, 4.69) is 115 Å². The maximum absolute atomic E-state index is 7.00. The van der Waals surface area contributed by atoms with Crippen LogP contribution in [0.1, 0.15) is 35.1 Å². The normalized spacial score (nSPS) is 13.6. The van der Waals surface area contributed by atoms with Crippen LogP contribution in [0.4, 0.5) is 0 Å². The Morgan fingerprint density at radius 2 is 1.37 bits per heavy atom. The van der Waals surface area contributed by atoms with Gasteiger partial charge in [0.25, 0.3) is 0 Å². The second kappa shape index (κ2) is 13.5. The highest BCUT2D eigenvalue weighted by molar-refractivity contribution is 6.22. The van der Waals surface area contributed by atoms with Gasteiger partial charge in [-0.3, -0.25) is 4.99 Å². The second-order valence-corrected chi connectivity index (χ2v) is 12.3. The molecule has 0 aliphatic heterocycles. The van der Waals surface area contributed by atoms with Gasteiger partial charge in [-0.2, -0.15) is 0 Å². The minimum Gasteiger partial charge on any atom is -0.455 e. The number of rotatable bonds is 7. The molecule has 0 spiro atoms. The van der Waals surface area contributed by atoms with Crippen LogP contribution in [0.3, 0.4) is 0 Å². The van der Waals surface area contributed by atoms with Gasteiger partial charge in [-0.25, -0.2) is 4.99 Å². The summed E-state index contributed by atoms with van der Waals surface area (Å²) < 4.78 is 6.64. The SMILES string of the molecule is NC(=NC(=NCc1ccccc1)c1cccc(C2=CCCC=C2)c1)c1cccc2oc3c(-c4ccccc4)cc(-c4ccccc4)cc3c12. The summed E-state index contributed by atoms with van der Waals surface area (Å²) in [7, 11) is 0. The number of furan rings is 1. The van der Waals surface area contributed by atoms with Crippen molar-refractivity contribution in [1.82, 2.24) is 0 Å². The zero-order valence-corrected chi connectivity index (χ0v) is 27.1. The van der Waals surface area contributed by atoms with Gasteiger partial charge < -0.3 is 10.2 Å². The molecule has 4 nitrogen and oxygen atoms in total. The van der Waals surface area contributed by atoms with Crippen molar-refractivity contribution in [2.75, 3.05) is 0 Å². The predicted octanol–water partition coefficient (Wildman–Crippen LogP) is 11.0. The first-order chi connectivity index (χ1) is 24.2. The Hall–Kier alpha value is -6.26. The monoisotopic (exact) mass is 633 g/mol. The molecule has 1 aliphatic rings. The Bertz CT molecular complexity index is 2400. The summed E-state index contributed by atoms with van der Waals surface area (Å²) in [4.78, 5) is 10.1. The Balaban J connectivity index is 1.30. The number of hydrogen-bond acceptors (Lipinski definition) is 2. The van der Waals surface area contributed by atoms with Crippen molar-refractivity contribution >= 4 is 39.2 Å². The van der Waals surface area contributed by atoms with Crippen LogP contribution < -0.4 is 5.73 Å². The van der Waals surface area contributed by atoms with Gasteiger partial charge in [0.2, 0.25) is 0 Å². The van der Waals surface area contributed by atoms with E-state index in [0.29, 0.717) is 18.2 Å².